The number of benzene rings is 3. The van der Waals surface area contributed by atoms with Gasteiger partial charge in [0.25, 0.3) is 0 Å². The van der Waals surface area contributed by atoms with Crippen LogP contribution < -0.4 is 5.46 Å². The summed E-state index contributed by atoms with van der Waals surface area (Å²) in [5.41, 5.74) is 7.75. The fourth-order valence-electron chi connectivity index (χ4n) is 2.92. The number of rotatable bonds is 1. The Balaban J connectivity index is 1.79. The average molecular weight is 363 g/mol. The van der Waals surface area contributed by atoms with Gasteiger partial charge in [-0.2, -0.15) is 0 Å². The summed E-state index contributed by atoms with van der Waals surface area (Å²) in [6.07, 6.45) is 0. The van der Waals surface area contributed by atoms with Crippen LogP contribution >= 0.6 is 0 Å². The Morgan fingerprint density at radius 2 is 1.29 bits per heavy atom. The van der Waals surface area contributed by atoms with Crippen molar-refractivity contribution in [3.63, 3.8) is 0 Å². The van der Waals surface area contributed by atoms with Gasteiger partial charge in [-0.1, -0.05) is 53.7 Å². The molecule has 1 radical (unpaired) electrons. The van der Waals surface area contributed by atoms with E-state index in [2.05, 4.69) is 56.9 Å². The molecule has 0 unspecified atom stereocenters. The van der Waals surface area contributed by atoms with Crippen LogP contribution in [0.15, 0.2) is 54.6 Å². The molecule has 0 spiro atoms. The van der Waals surface area contributed by atoms with Crippen LogP contribution in [0.2, 0.25) is 6.82 Å². The summed E-state index contributed by atoms with van der Waals surface area (Å²) in [4.78, 5) is 0. The van der Waals surface area contributed by atoms with Crippen LogP contribution in [0.3, 0.4) is 0 Å². The van der Waals surface area contributed by atoms with E-state index in [1.165, 1.54) is 22.7 Å². The highest BCUT2D eigenvalue weighted by Crippen LogP contribution is 2.10. The van der Waals surface area contributed by atoms with Gasteiger partial charge in [0.2, 0.25) is 0 Å². The molecule has 0 aliphatic rings. The van der Waals surface area contributed by atoms with E-state index in [1.807, 2.05) is 44.1 Å². The summed E-state index contributed by atoms with van der Waals surface area (Å²) < 4.78 is 13.9. The van der Waals surface area contributed by atoms with Crippen molar-refractivity contribution >= 4 is 12.7 Å². The molecule has 28 heavy (non-hydrogen) atoms. The fourth-order valence-corrected chi connectivity index (χ4v) is 2.92. The van der Waals surface area contributed by atoms with E-state index in [4.69, 9.17) is 0 Å². The largest absolute Gasteiger partial charge is 0.206 e. The van der Waals surface area contributed by atoms with Crippen LogP contribution in [-0.2, 0) is 0 Å². The number of aryl methyl sites for hydroxylation is 3. The Morgan fingerprint density at radius 3 is 1.86 bits per heavy atom. The molecule has 3 aromatic carbocycles. The Labute approximate surface area is 168 Å². The van der Waals surface area contributed by atoms with Gasteiger partial charge in [0.1, 0.15) is 13.1 Å². The molecule has 0 aliphatic carbocycles. The predicted molar refractivity (Wildman–Crippen MR) is 117 cm³/mol. The highest BCUT2D eigenvalue weighted by atomic mass is 19.1. The third-order valence-electron chi connectivity index (χ3n) is 4.62. The molecule has 135 valence electrons. The molecule has 0 atom stereocenters. The number of hydrogen-bond donors (Lipinski definition) is 0. The molecule has 0 heterocycles. The minimum atomic E-state index is -0.285. The van der Waals surface area contributed by atoms with Crippen LogP contribution in [-0.4, -0.2) is 7.28 Å². The van der Waals surface area contributed by atoms with Gasteiger partial charge in [0, 0.05) is 16.7 Å². The Hall–Kier alpha value is -3.23. The molecule has 0 amide bonds. The SMILES string of the molecule is C[B]c1cc(C)c(C#Cc2ccc(C#Cc3ccc(C)cc3F)cc2)cc1C. The second kappa shape index (κ2) is 8.64. The van der Waals surface area contributed by atoms with Crippen LogP contribution in [0, 0.1) is 50.3 Å². The molecule has 0 aromatic heterocycles. The van der Waals surface area contributed by atoms with E-state index in [-0.39, 0.29) is 5.82 Å². The predicted octanol–water partition coefficient (Wildman–Crippen LogP) is 4.93. The lowest BCUT2D eigenvalue weighted by atomic mass is 9.70. The summed E-state index contributed by atoms with van der Waals surface area (Å²) in [5, 5.41) is 0. The average Bonchev–Trinajstić information content (AvgIpc) is 2.68. The lowest BCUT2D eigenvalue weighted by Crippen LogP contribution is -2.15. The van der Waals surface area contributed by atoms with Crippen molar-refractivity contribution < 1.29 is 4.39 Å². The Morgan fingerprint density at radius 1 is 0.679 bits per heavy atom. The molecule has 3 aromatic rings. The topological polar surface area (TPSA) is 0 Å². The Kier molecular flexibility index (Phi) is 6.03. The van der Waals surface area contributed by atoms with E-state index < -0.39 is 0 Å². The van der Waals surface area contributed by atoms with Crippen molar-refractivity contribution in [2.45, 2.75) is 27.6 Å². The zero-order chi connectivity index (χ0) is 20.1. The quantitative estimate of drug-likeness (QED) is 0.425. The molecule has 0 saturated carbocycles. The van der Waals surface area contributed by atoms with E-state index >= 15 is 0 Å². The smallest absolute Gasteiger partial charge is 0.148 e. The molecule has 0 nitrogen and oxygen atoms in total. The molecule has 0 bridgehead atoms. The maximum atomic E-state index is 13.9. The first-order chi connectivity index (χ1) is 13.5. The van der Waals surface area contributed by atoms with Crippen LogP contribution in [0.25, 0.3) is 0 Å². The second-order valence-corrected chi connectivity index (χ2v) is 6.87. The monoisotopic (exact) mass is 363 g/mol. The van der Waals surface area contributed by atoms with Crippen molar-refractivity contribution in [3.05, 3.63) is 99.4 Å². The first-order valence-electron chi connectivity index (χ1n) is 9.27. The minimum Gasteiger partial charge on any atom is -0.206 e. The zero-order valence-electron chi connectivity index (χ0n) is 16.7. The first-order valence-corrected chi connectivity index (χ1v) is 9.27. The van der Waals surface area contributed by atoms with Crippen molar-refractivity contribution in [1.82, 2.24) is 0 Å². The standard InChI is InChI=1S/C26H21BF/c1-18-5-12-23(26(28)15-18)13-10-21-6-8-22(9-7-21)11-14-24-16-20(3)25(27-4)17-19(24)2/h5-9,12,15-17H,1-4H3. The van der Waals surface area contributed by atoms with Gasteiger partial charge in [0.15, 0.2) is 0 Å². The maximum absolute atomic E-state index is 13.9. The maximum Gasteiger partial charge on any atom is 0.148 e. The van der Waals surface area contributed by atoms with Gasteiger partial charge >= 0.3 is 0 Å². The molecule has 0 aliphatic heterocycles. The van der Waals surface area contributed by atoms with Crippen molar-refractivity contribution in [1.29, 1.82) is 0 Å². The molecular formula is C26H21BF. The minimum absolute atomic E-state index is 0.285. The van der Waals surface area contributed by atoms with E-state index in [0.29, 0.717) is 5.56 Å². The van der Waals surface area contributed by atoms with E-state index in [9.17, 15) is 4.39 Å². The van der Waals surface area contributed by atoms with Crippen LogP contribution in [0.1, 0.15) is 38.9 Å². The van der Waals surface area contributed by atoms with Crippen LogP contribution in [0.4, 0.5) is 4.39 Å². The Bertz CT molecular complexity index is 1130. The first kappa shape index (κ1) is 19.5. The van der Waals surface area contributed by atoms with Gasteiger partial charge in [-0.3, -0.25) is 0 Å². The van der Waals surface area contributed by atoms with Crippen molar-refractivity contribution in [2.24, 2.45) is 0 Å². The molecule has 2 heteroatoms. The number of hydrogen-bond acceptors (Lipinski definition) is 0. The molecular weight excluding hydrogens is 342 g/mol. The summed E-state index contributed by atoms with van der Waals surface area (Å²) in [6.45, 7) is 8.09. The van der Waals surface area contributed by atoms with Gasteiger partial charge in [-0.15, -0.1) is 0 Å². The highest BCUT2D eigenvalue weighted by Gasteiger charge is 2.02. The fraction of sp³-hybridized carbons (Fsp3) is 0.154. The summed E-state index contributed by atoms with van der Waals surface area (Å²) in [5.74, 6) is 12.1. The summed E-state index contributed by atoms with van der Waals surface area (Å²) >= 11 is 0. The van der Waals surface area contributed by atoms with Gasteiger partial charge in [-0.25, -0.2) is 4.39 Å². The summed E-state index contributed by atoms with van der Waals surface area (Å²) in [6, 6.07) is 17.1. The van der Waals surface area contributed by atoms with Crippen LogP contribution in [0.5, 0.6) is 0 Å². The molecule has 0 saturated heterocycles. The molecule has 0 N–H and O–H groups in total. The van der Waals surface area contributed by atoms with Crippen molar-refractivity contribution in [3.8, 4) is 23.7 Å². The summed E-state index contributed by atoms with van der Waals surface area (Å²) in [7, 11) is 2.11. The van der Waals surface area contributed by atoms with Gasteiger partial charge < -0.3 is 0 Å². The molecule has 0 fully saturated rings. The highest BCUT2D eigenvalue weighted by molar-refractivity contribution is 6.52. The zero-order valence-corrected chi connectivity index (χ0v) is 16.7. The van der Waals surface area contributed by atoms with Gasteiger partial charge in [0.05, 0.1) is 5.56 Å². The van der Waals surface area contributed by atoms with E-state index in [1.54, 1.807) is 6.07 Å². The lowest BCUT2D eigenvalue weighted by molar-refractivity contribution is 0.623. The second-order valence-electron chi connectivity index (χ2n) is 6.87. The van der Waals surface area contributed by atoms with E-state index in [0.717, 1.165) is 22.3 Å². The number of halogens is 1. The molecule has 3 rings (SSSR count). The third-order valence-corrected chi connectivity index (χ3v) is 4.62. The van der Waals surface area contributed by atoms with Gasteiger partial charge in [-0.05, 0) is 74.4 Å². The lowest BCUT2D eigenvalue weighted by Gasteiger charge is -2.06. The normalized spacial score (nSPS) is 9.75. The third kappa shape index (κ3) is 4.73. The van der Waals surface area contributed by atoms with Crippen molar-refractivity contribution in [2.75, 3.05) is 0 Å².